The molecule has 0 bridgehead atoms. The molecule has 0 radical (unpaired) electrons. The molecule has 0 aliphatic rings. The number of aryl methyl sites for hydroxylation is 1. The van der Waals surface area contributed by atoms with E-state index < -0.39 is 6.36 Å². The zero-order valence-corrected chi connectivity index (χ0v) is 10.9. The molecular weight excluding hydrogens is 265 g/mol. The summed E-state index contributed by atoms with van der Waals surface area (Å²) in [5, 5.41) is 0. The van der Waals surface area contributed by atoms with E-state index in [0.29, 0.717) is 11.1 Å². The van der Waals surface area contributed by atoms with Gasteiger partial charge in [0.25, 0.3) is 0 Å². The summed E-state index contributed by atoms with van der Waals surface area (Å²) in [5.41, 5.74) is 2.71. The van der Waals surface area contributed by atoms with Gasteiger partial charge in [-0.2, -0.15) is 0 Å². The average Bonchev–Trinajstić information content (AvgIpc) is 2.38. The maximum absolute atomic E-state index is 12.5. The molecule has 2 aromatic rings. The summed E-state index contributed by atoms with van der Waals surface area (Å²) in [5.74, 6) is -0.211. The molecule has 0 N–H and O–H groups in total. The zero-order chi connectivity index (χ0) is 14.8. The second-order valence-electron chi connectivity index (χ2n) is 4.32. The number of benzene rings is 2. The number of alkyl halides is 3. The molecular formula is C16H13F3O. The van der Waals surface area contributed by atoms with E-state index in [2.05, 4.69) is 11.3 Å². The van der Waals surface area contributed by atoms with Gasteiger partial charge in [-0.3, -0.25) is 0 Å². The highest BCUT2D eigenvalue weighted by atomic mass is 19.4. The van der Waals surface area contributed by atoms with Gasteiger partial charge in [-0.15, -0.1) is 13.2 Å². The molecule has 0 unspecified atom stereocenters. The highest BCUT2D eigenvalue weighted by Crippen LogP contribution is 2.36. The fraction of sp³-hybridized carbons (Fsp3) is 0.125. The Morgan fingerprint density at radius 1 is 1.05 bits per heavy atom. The van der Waals surface area contributed by atoms with Crippen LogP contribution in [0.5, 0.6) is 5.75 Å². The van der Waals surface area contributed by atoms with Crippen LogP contribution >= 0.6 is 0 Å². The quantitative estimate of drug-likeness (QED) is 0.749. The first-order chi connectivity index (χ1) is 9.40. The summed E-state index contributed by atoms with van der Waals surface area (Å²) in [6.07, 6.45) is -3.13. The Hall–Kier alpha value is -2.23. The van der Waals surface area contributed by atoms with E-state index in [1.165, 1.54) is 12.1 Å². The van der Waals surface area contributed by atoms with E-state index in [9.17, 15) is 13.2 Å². The molecule has 0 fully saturated rings. The molecule has 0 heterocycles. The smallest absolute Gasteiger partial charge is 0.405 e. The topological polar surface area (TPSA) is 9.23 Å². The molecule has 104 valence electrons. The van der Waals surface area contributed by atoms with Crippen molar-refractivity contribution >= 4 is 6.08 Å². The number of hydrogen-bond acceptors (Lipinski definition) is 1. The Balaban J connectivity index is 2.59. The minimum absolute atomic E-state index is 0.211. The first-order valence-corrected chi connectivity index (χ1v) is 5.99. The minimum atomic E-state index is -4.72. The van der Waals surface area contributed by atoms with Gasteiger partial charge in [-0.1, -0.05) is 43.0 Å². The fourth-order valence-corrected chi connectivity index (χ4v) is 1.97. The Morgan fingerprint density at radius 2 is 1.75 bits per heavy atom. The van der Waals surface area contributed by atoms with Gasteiger partial charge < -0.3 is 4.74 Å². The maximum Gasteiger partial charge on any atom is 0.573 e. The van der Waals surface area contributed by atoms with E-state index in [0.717, 1.165) is 11.1 Å². The molecule has 0 aliphatic carbocycles. The van der Waals surface area contributed by atoms with Crippen LogP contribution in [-0.4, -0.2) is 6.36 Å². The van der Waals surface area contributed by atoms with E-state index in [1.807, 2.05) is 19.1 Å². The van der Waals surface area contributed by atoms with Crippen LogP contribution in [-0.2, 0) is 0 Å². The van der Waals surface area contributed by atoms with Crippen molar-refractivity contribution in [2.24, 2.45) is 0 Å². The largest absolute Gasteiger partial charge is 0.573 e. The molecule has 20 heavy (non-hydrogen) atoms. The Labute approximate surface area is 115 Å². The Kier molecular flexibility index (Phi) is 3.84. The molecule has 2 aromatic carbocycles. The number of ether oxygens (including phenoxy) is 1. The third-order valence-corrected chi connectivity index (χ3v) is 2.90. The maximum atomic E-state index is 12.5. The molecule has 1 nitrogen and oxygen atoms in total. The lowest BCUT2D eigenvalue weighted by Gasteiger charge is -2.15. The predicted octanol–water partition coefficient (Wildman–Crippen LogP) is 5.20. The number of rotatable bonds is 3. The zero-order valence-electron chi connectivity index (χ0n) is 10.9. The molecule has 0 saturated heterocycles. The highest BCUT2D eigenvalue weighted by molar-refractivity contribution is 5.75. The Morgan fingerprint density at radius 3 is 2.35 bits per heavy atom. The third kappa shape index (κ3) is 3.20. The lowest BCUT2D eigenvalue weighted by molar-refractivity contribution is -0.274. The lowest BCUT2D eigenvalue weighted by Crippen LogP contribution is -2.17. The van der Waals surface area contributed by atoms with Crippen molar-refractivity contribution in [1.82, 2.24) is 0 Å². The van der Waals surface area contributed by atoms with E-state index in [1.54, 1.807) is 24.3 Å². The second-order valence-corrected chi connectivity index (χ2v) is 4.32. The van der Waals surface area contributed by atoms with Crippen molar-refractivity contribution < 1.29 is 17.9 Å². The van der Waals surface area contributed by atoms with Crippen LogP contribution in [0.1, 0.15) is 11.1 Å². The SMILES string of the molecule is C=Cc1ccc(OC(F)(F)F)c(-c2ccccc2C)c1. The van der Waals surface area contributed by atoms with E-state index in [-0.39, 0.29) is 5.75 Å². The van der Waals surface area contributed by atoms with Gasteiger partial charge in [0.05, 0.1) is 0 Å². The van der Waals surface area contributed by atoms with Crippen LogP contribution in [0.15, 0.2) is 49.0 Å². The normalized spacial score (nSPS) is 11.2. The van der Waals surface area contributed by atoms with Crippen LogP contribution in [0.4, 0.5) is 13.2 Å². The number of hydrogen-bond donors (Lipinski definition) is 0. The third-order valence-electron chi connectivity index (χ3n) is 2.90. The van der Waals surface area contributed by atoms with Gasteiger partial charge in [0.2, 0.25) is 0 Å². The average molecular weight is 278 g/mol. The lowest BCUT2D eigenvalue weighted by atomic mass is 9.98. The van der Waals surface area contributed by atoms with E-state index in [4.69, 9.17) is 0 Å². The molecule has 0 aromatic heterocycles. The van der Waals surface area contributed by atoms with Crippen LogP contribution in [0, 0.1) is 6.92 Å². The first kappa shape index (κ1) is 14.2. The molecule has 0 atom stereocenters. The van der Waals surface area contributed by atoms with Crippen LogP contribution in [0.2, 0.25) is 0 Å². The first-order valence-electron chi connectivity index (χ1n) is 5.99. The van der Waals surface area contributed by atoms with Gasteiger partial charge >= 0.3 is 6.36 Å². The van der Waals surface area contributed by atoms with Gasteiger partial charge in [-0.05, 0) is 35.7 Å². The summed E-state index contributed by atoms with van der Waals surface area (Å²) in [4.78, 5) is 0. The van der Waals surface area contributed by atoms with Gasteiger partial charge in [0.15, 0.2) is 0 Å². The monoisotopic (exact) mass is 278 g/mol. The summed E-state index contributed by atoms with van der Waals surface area (Å²) in [6, 6.07) is 11.7. The minimum Gasteiger partial charge on any atom is -0.405 e. The van der Waals surface area contributed by atoms with Crippen molar-refractivity contribution in [3.05, 3.63) is 60.2 Å². The standard InChI is InChI=1S/C16H13F3O/c1-3-12-8-9-15(20-16(17,18)19)14(10-12)13-7-5-4-6-11(13)2/h3-10H,1H2,2H3. The summed E-state index contributed by atoms with van der Waals surface area (Å²) >= 11 is 0. The van der Waals surface area contributed by atoms with Crippen LogP contribution in [0.25, 0.3) is 17.2 Å². The van der Waals surface area contributed by atoms with Crippen molar-refractivity contribution in [2.45, 2.75) is 13.3 Å². The summed E-state index contributed by atoms with van der Waals surface area (Å²) < 4.78 is 41.5. The Bertz CT molecular complexity index is 630. The molecule has 0 saturated carbocycles. The van der Waals surface area contributed by atoms with Crippen molar-refractivity contribution in [3.8, 4) is 16.9 Å². The van der Waals surface area contributed by atoms with Crippen molar-refractivity contribution in [2.75, 3.05) is 0 Å². The molecule has 0 spiro atoms. The molecule has 2 rings (SSSR count). The molecule has 0 aliphatic heterocycles. The van der Waals surface area contributed by atoms with Crippen molar-refractivity contribution in [1.29, 1.82) is 0 Å². The summed E-state index contributed by atoms with van der Waals surface area (Å²) in [7, 11) is 0. The summed E-state index contributed by atoms with van der Waals surface area (Å²) in [6.45, 7) is 5.47. The predicted molar refractivity (Wildman–Crippen MR) is 73.4 cm³/mol. The fourth-order valence-electron chi connectivity index (χ4n) is 1.97. The van der Waals surface area contributed by atoms with Crippen molar-refractivity contribution in [3.63, 3.8) is 0 Å². The van der Waals surface area contributed by atoms with Gasteiger partial charge in [0.1, 0.15) is 5.75 Å². The van der Waals surface area contributed by atoms with Crippen LogP contribution < -0.4 is 4.74 Å². The van der Waals surface area contributed by atoms with E-state index >= 15 is 0 Å². The number of halogens is 3. The van der Waals surface area contributed by atoms with Gasteiger partial charge in [0, 0.05) is 5.56 Å². The molecule has 0 amide bonds. The second kappa shape index (κ2) is 5.41. The molecule has 4 heteroatoms. The van der Waals surface area contributed by atoms with Gasteiger partial charge in [-0.25, -0.2) is 0 Å². The van der Waals surface area contributed by atoms with Crippen LogP contribution in [0.3, 0.4) is 0 Å². The highest BCUT2D eigenvalue weighted by Gasteiger charge is 2.32.